The zero-order valence-corrected chi connectivity index (χ0v) is 11.0. The number of rotatable bonds is 4. The first kappa shape index (κ1) is 14.1. The zero-order chi connectivity index (χ0) is 14.5. The van der Waals surface area contributed by atoms with E-state index in [1.165, 1.54) is 11.0 Å². The number of benzene rings is 1. The van der Waals surface area contributed by atoms with Crippen LogP contribution in [-0.4, -0.2) is 29.4 Å². The standard InChI is InChI=1S/C15H14F2N2O/c1-19(9-6-11-4-7-18-8-5-11)15(20)12-2-3-13(16)14(17)10-12/h2-5,7-8,10H,6,9H2,1H3. The van der Waals surface area contributed by atoms with E-state index in [1.54, 1.807) is 19.4 Å². The normalized spacial score (nSPS) is 10.3. The maximum absolute atomic E-state index is 13.1. The van der Waals surface area contributed by atoms with Gasteiger partial charge in [-0.15, -0.1) is 0 Å². The molecule has 0 unspecified atom stereocenters. The number of hydrogen-bond donors (Lipinski definition) is 0. The van der Waals surface area contributed by atoms with Crippen LogP contribution < -0.4 is 0 Å². The molecule has 0 N–H and O–H groups in total. The second kappa shape index (κ2) is 6.23. The Labute approximate surface area is 115 Å². The van der Waals surface area contributed by atoms with Crippen LogP contribution >= 0.6 is 0 Å². The SMILES string of the molecule is CN(CCc1ccncc1)C(=O)c1ccc(F)c(F)c1. The van der Waals surface area contributed by atoms with E-state index in [1.807, 2.05) is 12.1 Å². The number of carbonyl (C=O) groups is 1. The monoisotopic (exact) mass is 276 g/mol. The molecule has 0 saturated carbocycles. The molecule has 104 valence electrons. The van der Waals surface area contributed by atoms with Gasteiger partial charge in [-0.25, -0.2) is 8.78 Å². The highest BCUT2D eigenvalue weighted by Crippen LogP contribution is 2.11. The molecule has 2 aromatic rings. The first-order valence-electron chi connectivity index (χ1n) is 6.17. The Bertz CT molecular complexity index is 602. The summed E-state index contributed by atoms with van der Waals surface area (Å²) in [6.07, 6.45) is 4.05. The number of pyridine rings is 1. The lowest BCUT2D eigenvalue weighted by molar-refractivity contribution is 0.0796. The third kappa shape index (κ3) is 3.38. The topological polar surface area (TPSA) is 33.2 Å². The Morgan fingerprint density at radius 3 is 2.50 bits per heavy atom. The number of amides is 1. The van der Waals surface area contributed by atoms with E-state index in [0.717, 1.165) is 17.7 Å². The van der Waals surface area contributed by atoms with Crippen molar-refractivity contribution in [2.24, 2.45) is 0 Å². The van der Waals surface area contributed by atoms with Crippen LogP contribution in [-0.2, 0) is 6.42 Å². The minimum absolute atomic E-state index is 0.140. The van der Waals surface area contributed by atoms with Gasteiger partial charge in [-0.05, 0) is 42.3 Å². The molecule has 3 nitrogen and oxygen atoms in total. The van der Waals surface area contributed by atoms with Gasteiger partial charge < -0.3 is 4.90 Å². The van der Waals surface area contributed by atoms with Crippen molar-refractivity contribution in [1.29, 1.82) is 0 Å². The molecule has 0 radical (unpaired) electrons. The summed E-state index contributed by atoms with van der Waals surface area (Å²) in [5.74, 6) is -2.31. The Morgan fingerprint density at radius 1 is 1.15 bits per heavy atom. The summed E-state index contributed by atoms with van der Waals surface area (Å²) >= 11 is 0. The van der Waals surface area contributed by atoms with Crippen molar-refractivity contribution in [3.05, 3.63) is 65.5 Å². The van der Waals surface area contributed by atoms with Crippen molar-refractivity contribution >= 4 is 5.91 Å². The average molecular weight is 276 g/mol. The molecule has 20 heavy (non-hydrogen) atoms. The first-order chi connectivity index (χ1) is 9.58. The zero-order valence-electron chi connectivity index (χ0n) is 11.0. The van der Waals surface area contributed by atoms with Crippen molar-refractivity contribution in [3.8, 4) is 0 Å². The molecule has 0 aliphatic heterocycles. The van der Waals surface area contributed by atoms with E-state index >= 15 is 0 Å². The van der Waals surface area contributed by atoms with E-state index < -0.39 is 11.6 Å². The number of likely N-dealkylation sites (N-methyl/N-ethyl adjacent to an activating group) is 1. The van der Waals surface area contributed by atoms with Crippen LogP contribution in [0.25, 0.3) is 0 Å². The predicted molar refractivity (Wildman–Crippen MR) is 71.3 cm³/mol. The Kier molecular flexibility index (Phi) is 4.40. The van der Waals surface area contributed by atoms with Gasteiger partial charge >= 0.3 is 0 Å². The Hall–Kier alpha value is -2.30. The van der Waals surface area contributed by atoms with Crippen LogP contribution in [0.5, 0.6) is 0 Å². The molecule has 0 atom stereocenters. The summed E-state index contributed by atoms with van der Waals surface area (Å²) in [4.78, 5) is 17.4. The van der Waals surface area contributed by atoms with Gasteiger partial charge in [-0.1, -0.05) is 0 Å². The summed E-state index contributed by atoms with van der Waals surface area (Å²) in [6, 6.07) is 6.90. The van der Waals surface area contributed by atoms with Gasteiger partial charge in [0.2, 0.25) is 0 Å². The van der Waals surface area contributed by atoms with Crippen molar-refractivity contribution in [3.63, 3.8) is 0 Å². The largest absolute Gasteiger partial charge is 0.341 e. The molecule has 0 aliphatic rings. The van der Waals surface area contributed by atoms with Crippen molar-refractivity contribution in [2.75, 3.05) is 13.6 Å². The highest BCUT2D eigenvalue weighted by atomic mass is 19.2. The fourth-order valence-electron chi connectivity index (χ4n) is 1.80. The molecule has 0 saturated heterocycles. The molecule has 1 aromatic heterocycles. The summed E-state index contributed by atoms with van der Waals surface area (Å²) < 4.78 is 25.9. The maximum Gasteiger partial charge on any atom is 0.253 e. The second-order valence-electron chi connectivity index (χ2n) is 4.46. The molecule has 0 fully saturated rings. The number of aromatic nitrogens is 1. The third-order valence-electron chi connectivity index (χ3n) is 3.00. The van der Waals surface area contributed by atoms with E-state index in [2.05, 4.69) is 4.98 Å². The quantitative estimate of drug-likeness (QED) is 0.860. The molecule has 2 rings (SSSR count). The van der Waals surface area contributed by atoms with E-state index in [4.69, 9.17) is 0 Å². The van der Waals surface area contributed by atoms with Gasteiger partial charge in [0.05, 0.1) is 0 Å². The second-order valence-corrected chi connectivity index (χ2v) is 4.46. The van der Waals surface area contributed by atoms with Crippen LogP contribution in [0.2, 0.25) is 0 Å². The molecular weight excluding hydrogens is 262 g/mol. The van der Waals surface area contributed by atoms with Crippen molar-refractivity contribution < 1.29 is 13.6 Å². The number of nitrogens with zero attached hydrogens (tertiary/aromatic N) is 2. The van der Waals surface area contributed by atoms with E-state index in [0.29, 0.717) is 13.0 Å². The highest BCUT2D eigenvalue weighted by molar-refractivity contribution is 5.94. The molecule has 0 aliphatic carbocycles. The highest BCUT2D eigenvalue weighted by Gasteiger charge is 2.13. The maximum atomic E-state index is 13.1. The first-order valence-corrected chi connectivity index (χ1v) is 6.17. The molecule has 0 spiro atoms. The van der Waals surface area contributed by atoms with Crippen LogP contribution in [0.4, 0.5) is 8.78 Å². The van der Waals surface area contributed by atoms with Gasteiger partial charge in [0.15, 0.2) is 11.6 Å². The van der Waals surface area contributed by atoms with Gasteiger partial charge in [-0.3, -0.25) is 9.78 Å². The molecule has 1 heterocycles. The fourth-order valence-corrected chi connectivity index (χ4v) is 1.80. The summed E-state index contributed by atoms with van der Waals surface area (Å²) in [5, 5.41) is 0. The van der Waals surface area contributed by atoms with E-state index in [9.17, 15) is 13.6 Å². The smallest absolute Gasteiger partial charge is 0.253 e. The van der Waals surface area contributed by atoms with Crippen molar-refractivity contribution in [2.45, 2.75) is 6.42 Å². The number of hydrogen-bond acceptors (Lipinski definition) is 2. The molecule has 5 heteroatoms. The van der Waals surface area contributed by atoms with Gasteiger partial charge in [0.25, 0.3) is 5.91 Å². The molecule has 1 aromatic carbocycles. The lowest BCUT2D eigenvalue weighted by Gasteiger charge is -2.17. The van der Waals surface area contributed by atoms with Crippen LogP contribution in [0, 0.1) is 11.6 Å². The number of halogens is 2. The van der Waals surface area contributed by atoms with E-state index in [-0.39, 0.29) is 11.5 Å². The summed E-state index contributed by atoms with van der Waals surface area (Å²) in [6.45, 7) is 0.488. The lowest BCUT2D eigenvalue weighted by atomic mass is 10.1. The average Bonchev–Trinajstić information content (AvgIpc) is 2.48. The number of carbonyl (C=O) groups excluding carboxylic acids is 1. The molecular formula is C15H14F2N2O. The lowest BCUT2D eigenvalue weighted by Crippen LogP contribution is -2.29. The third-order valence-corrected chi connectivity index (χ3v) is 3.00. The van der Waals surface area contributed by atoms with Crippen LogP contribution in [0.3, 0.4) is 0 Å². The van der Waals surface area contributed by atoms with Crippen LogP contribution in [0.1, 0.15) is 15.9 Å². The van der Waals surface area contributed by atoms with Gasteiger partial charge in [0, 0.05) is 31.5 Å². The predicted octanol–water partition coefficient (Wildman–Crippen LogP) is 2.67. The molecule has 0 bridgehead atoms. The minimum atomic E-state index is -1.02. The van der Waals surface area contributed by atoms with Gasteiger partial charge in [-0.2, -0.15) is 0 Å². The van der Waals surface area contributed by atoms with Crippen molar-refractivity contribution in [1.82, 2.24) is 9.88 Å². The fraction of sp³-hybridized carbons (Fsp3) is 0.200. The summed E-state index contributed by atoms with van der Waals surface area (Å²) in [5.41, 5.74) is 1.20. The van der Waals surface area contributed by atoms with Crippen LogP contribution in [0.15, 0.2) is 42.7 Å². The Balaban J connectivity index is 1.99. The van der Waals surface area contributed by atoms with Gasteiger partial charge in [0.1, 0.15) is 0 Å². The molecule has 1 amide bonds. The minimum Gasteiger partial charge on any atom is -0.341 e. The summed E-state index contributed by atoms with van der Waals surface area (Å²) in [7, 11) is 1.63. The Morgan fingerprint density at radius 2 is 1.85 bits per heavy atom.